The molecular formula is C11H19N3O2. The summed E-state index contributed by atoms with van der Waals surface area (Å²) >= 11 is 0. The summed E-state index contributed by atoms with van der Waals surface area (Å²) in [6.07, 6.45) is 2.06. The molecule has 5 nitrogen and oxygen atoms in total. The number of amides is 2. The van der Waals surface area contributed by atoms with E-state index in [4.69, 9.17) is 10.1 Å². The fraction of sp³-hybridized carbons (Fsp3) is 0.818. The maximum Gasteiger partial charge on any atom is 0.323 e. The monoisotopic (exact) mass is 225 g/mol. The Hall–Kier alpha value is -1.10. The second kappa shape index (κ2) is 4.41. The number of amidine groups is 1. The first kappa shape index (κ1) is 11.4. The van der Waals surface area contributed by atoms with Crippen LogP contribution in [0.25, 0.3) is 0 Å². The molecule has 2 amide bonds. The molecular weight excluding hydrogens is 206 g/mol. The van der Waals surface area contributed by atoms with Crippen molar-refractivity contribution >= 4 is 11.9 Å². The van der Waals surface area contributed by atoms with Gasteiger partial charge in [0, 0.05) is 18.6 Å². The fourth-order valence-electron chi connectivity index (χ4n) is 2.55. The SMILES string of the molecule is CC(C)N1C(=O)NC(=N)C1C1CCCOC1. The van der Waals surface area contributed by atoms with E-state index in [1.165, 1.54) is 0 Å². The first-order valence-electron chi connectivity index (χ1n) is 5.86. The number of urea groups is 1. The highest BCUT2D eigenvalue weighted by Gasteiger charge is 2.42. The van der Waals surface area contributed by atoms with Gasteiger partial charge in [-0.05, 0) is 26.7 Å². The molecule has 2 aliphatic heterocycles. The second-order valence-electron chi connectivity index (χ2n) is 4.77. The maximum atomic E-state index is 11.7. The van der Waals surface area contributed by atoms with Crippen molar-refractivity contribution in [1.82, 2.24) is 10.2 Å². The van der Waals surface area contributed by atoms with Gasteiger partial charge in [0.05, 0.1) is 12.6 Å². The number of ether oxygens (including phenoxy) is 1. The molecule has 2 rings (SSSR count). The van der Waals surface area contributed by atoms with E-state index < -0.39 is 0 Å². The van der Waals surface area contributed by atoms with Gasteiger partial charge in [-0.15, -0.1) is 0 Å². The predicted molar refractivity (Wildman–Crippen MR) is 60.6 cm³/mol. The van der Waals surface area contributed by atoms with Gasteiger partial charge in [-0.25, -0.2) is 4.79 Å². The van der Waals surface area contributed by atoms with Gasteiger partial charge < -0.3 is 9.64 Å². The van der Waals surface area contributed by atoms with Crippen molar-refractivity contribution < 1.29 is 9.53 Å². The zero-order valence-electron chi connectivity index (χ0n) is 9.82. The summed E-state index contributed by atoms with van der Waals surface area (Å²) in [6.45, 7) is 5.43. The first-order chi connectivity index (χ1) is 7.61. The number of rotatable bonds is 2. The smallest absolute Gasteiger partial charge is 0.323 e. The Kier molecular flexibility index (Phi) is 3.14. The lowest BCUT2D eigenvalue weighted by atomic mass is 9.92. The van der Waals surface area contributed by atoms with Gasteiger partial charge in [-0.2, -0.15) is 0 Å². The van der Waals surface area contributed by atoms with E-state index in [0.29, 0.717) is 12.4 Å². The van der Waals surface area contributed by atoms with Crippen molar-refractivity contribution in [2.24, 2.45) is 5.92 Å². The maximum absolute atomic E-state index is 11.7. The van der Waals surface area contributed by atoms with Crippen LogP contribution in [0.3, 0.4) is 0 Å². The van der Waals surface area contributed by atoms with E-state index in [0.717, 1.165) is 19.4 Å². The van der Waals surface area contributed by atoms with E-state index in [1.807, 2.05) is 13.8 Å². The Bertz CT molecular complexity index is 298. The van der Waals surface area contributed by atoms with Crippen LogP contribution in [0.2, 0.25) is 0 Å². The van der Waals surface area contributed by atoms with Gasteiger partial charge in [-0.1, -0.05) is 0 Å². The summed E-state index contributed by atoms with van der Waals surface area (Å²) in [5.74, 6) is 0.594. The molecule has 0 spiro atoms. The molecule has 2 atom stereocenters. The van der Waals surface area contributed by atoms with E-state index in [2.05, 4.69) is 5.32 Å². The Labute approximate surface area is 95.6 Å². The number of hydrogen-bond acceptors (Lipinski definition) is 3. The third-order valence-electron chi connectivity index (χ3n) is 3.27. The minimum Gasteiger partial charge on any atom is -0.381 e. The molecule has 0 aliphatic carbocycles. The summed E-state index contributed by atoms with van der Waals surface area (Å²) in [7, 11) is 0. The minimum atomic E-state index is -0.143. The molecule has 2 aliphatic rings. The second-order valence-corrected chi connectivity index (χ2v) is 4.77. The molecule has 0 aromatic carbocycles. The van der Waals surface area contributed by atoms with E-state index >= 15 is 0 Å². The van der Waals surface area contributed by atoms with Crippen LogP contribution in [-0.2, 0) is 4.74 Å². The molecule has 90 valence electrons. The number of carbonyl (C=O) groups is 1. The number of nitrogens with one attached hydrogen (secondary N) is 2. The molecule has 2 saturated heterocycles. The predicted octanol–water partition coefficient (Wildman–Crippen LogP) is 1.19. The van der Waals surface area contributed by atoms with Crippen LogP contribution < -0.4 is 5.32 Å². The van der Waals surface area contributed by atoms with Gasteiger partial charge in [0.1, 0.15) is 5.84 Å². The van der Waals surface area contributed by atoms with Crippen LogP contribution in [0.1, 0.15) is 26.7 Å². The molecule has 16 heavy (non-hydrogen) atoms. The lowest BCUT2D eigenvalue weighted by Gasteiger charge is -2.34. The van der Waals surface area contributed by atoms with Crippen molar-refractivity contribution in [1.29, 1.82) is 5.41 Å². The van der Waals surface area contributed by atoms with Gasteiger partial charge in [-0.3, -0.25) is 10.7 Å². The van der Waals surface area contributed by atoms with Gasteiger partial charge >= 0.3 is 6.03 Å². The quantitative estimate of drug-likeness (QED) is 0.741. The van der Waals surface area contributed by atoms with Crippen LogP contribution in [-0.4, -0.2) is 42.1 Å². The van der Waals surface area contributed by atoms with Crippen LogP contribution in [0.15, 0.2) is 0 Å². The van der Waals surface area contributed by atoms with Crippen molar-refractivity contribution in [2.45, 2.75) is 38.8 Å². The standard InChI is InChI=1S/C11H19N3O2/c1-7(2)14-9(10(12)13-11(14)15)8-4-3-5-16-6-8/h7-9H,3-6H2,1-2H3,(H2,12,13,15). The summed E-state index contributed by atoms with van der Waals surface area (Å²) in [4.78, 5) is 13.5. The van der Waals surface area contributed by atoms with Crippen molar-refractivity contribution in [3.63, 3.8) is 0 Å². The highest BCUT2D eigenvalue weighted by atomic mass is 16.5. The zero-order chi connectivity index (χ0) is 11.7. The van der Waals surface area contributed by atoms with Crippen molar-refractivity contribution in [2.75, 3.05) is 13.2 Å². The van der Waals surface area contributed by atoms with Gasteiger partial charge in [0.2, 0.25) is 0 Å². The van der Waals surface area contributed by atoms with Crippen molar-refractivity contribution in [3.8, 4) is 0 Å². The molecule has 0 aromatic heterocycles. The van der Waals surface area contributed by atoms with E-state index in [-0.39, 0.29) is 24.0 Å². The molecule has 0 radical (unpaired) electrons. The minimum absolute atomic E-state index is 0.118. The van der Waals surface area contributed by atoms with Crippen LogP contribution in [0.4, 0.5) is 4.79 Å². The summed E-state index contributed by atoms with van der Waals surface area (Å²) in [5, 5.41) is 10.5. The van der Waals surface area contributed by atoms with Crippen LogP contribution in [0, 0.1) is 11.3 Å². The highest BCUT2D eigenvalue weighted by Crippen LogP contribution is 2.26. The van der Waals surface area contributed by atoms with Gasteiger partial charge in [0.25, 0.3) is 0 Å². The number of carbonyl (C=O) groups excluding carboxylic acids is 1. The number of nitrogens with zero attached hydrogens (tertiary/aromatic N) is 1. The normalized spacial score (nSPS) is 31.1. The largest absolute Gasteiger partial charge is 0.381 e. The topological polar surface area (TPSA) is 65.4 Å². The highest BCUT2D eigenvalue weighted by molar-refractivity contribution is 6.05. The average molecular weight is 225 g/mol. The van der Waals surface area contributed by atoms with E-state index in [1.54, 1.807) is 4.90 Å². The molecule has 5 heteroatoms. The van der Waals surface area contributed by atoms with Crippen molar-refractivity contribution in [3.05, 3.63) is 0 Å². The van der Waals surface area contributed by atoms with E-state index in [9.17, 15) is 4.79 Å². The fourth-order valence-corrected chi connectivity index (χ4v) is 2.55. The molecule has 2 N–H and O–H groups in total. The average Bonchev–Trinajstić information content (AvgIpc) is 2.55. The van der Waals surface area contributed by atoms with Crippen LogP contribution >= 0.6 is 0 Å². The molecule has 2 fully saturated rings. The summed E-state index contributed by atoms with van der Waals surface area (Å²) in [5.41, 5.74) is 0. The lowest BCUT2D eigenvalue weighted by Crippen LogP contribution is -2.46. The molecule has 0 aromatic rings. The Morgan fingerprint density at radius 1 is 1.56 bits per heavy atom. The first-order valence-corrected chi connectivity index (χ1v) is 5.86. The lowest BCUT2D eigenvalue weighted by molar-refractivity contribution is 0.0318. The molecule has 0 saturated carbocycles. The Morgan fingerprint density at radius 3 is 2.88 bits per heavy atom. The third kappa shape index (κ3) is 1.91. The third-order valence-corrected chi connectivity index (χ3v) is 3.27. The zero-order valence-corrected chi connectivity index (χ0v) is 9.82. The molecule has 2 unspecified atom stereocenters. The molecule has 2 heterocycles. The molecule has 0 bridgehead atoms. The Morgan fingerprint density at radius 2 is 2.31 bits per heavy atom. The Balaban J connectivity index is 2.15. The summed E-state index contributed by atoms with van der Waals surface area (Å²) < 4.78 is 5.44. The van der Waals surface area contributed by atoms with Gasteiger partial charge in [0.15, 0.2) is 0 Å². The number of hydrogen-bond donors (Lipinski definition) is 2. The summed E-state index contributed by atoms with van der Waals surface area (Å²) in [6, 6.07) is -0.141. The van der Waals surface area contributed by atoms with Crippen LogP contribution in [0.5, 0.6) is 0 Å².